The maximum absolute atomic E-state index is 12.3. The summed E-state index contributed by atoms with van der Waals surface area (Å²) < 4.78 is 10.8. The first kappa shape index (κ1) is 15.8. The Morgan fingerprint density at radius 2 is 1.79 bits per heavy atom. The highest BCUT2D eigenvalue weighted by Gasteiger charge is 2.13. The molecule has 2 aromatic carbocycles. The Morgan fingerprint density at radius 3 is 2.62 bits per heavy atom. The number of aryl methyl sites for hydroxylation is 1. The molecule has 0 aliphatic heterocycles. The first-order valence-corrected chi connectivity index (χ1v) is 7.63. The van der Waals surface area contributed by atoms with Gasteiger partial charge < -0.3 is 14.5 Å². The number of esters is 1. The standard InChI is InChI=1S/C19H17NO4/c1-13-6-2-5-9-17(13)23-10-11-24-19(22)15-12-18(21)20-16-8-4-3-7-14(15)16/h2-9,12H,10-11H2,1H3,(H,20,21). The maximum atomic E-state index is 12.3. The molecular weight excluding hydrogens is 306 g/mol. The molecule has 0 aliphatic rings. The number of hydrogen-bond acceptors (Lipinski definition) is 4. The van der Waals surface area contributed by atoms with Crippen LogP contribution in [0.25, 0.3) is 10.9 Å². The predicted molar refractivity (Wildman–Crippen MR) is 91.5 cm³/mol. The molecule has 0 bridgehead atoms. The van der Waals surface area contributed by atoms with Gasteiger partial charge in [-0.25, -0.2) is 4.79 Å². The van der Waals surface area contributed by atoms with Gasteiger partial charge in [0.05, 0.1) is 5.56 Å². The number of aromatic nitrogens is 1. The first-order chi connectivity index (χ1) is 11.6. The molecule has 1 aromatic heterocycles. The number of aromatic amines is 1. The topological polar surface area (TPSA) is 68.4 Å². The van der Waals surface area contributed by atoms with Gasteiger partial charge in [0.15, 0.2) is 0 Å². The summed E-state index contributed by atoms with van der Waals surface area (Å²) in [4.78, 5) is 26.6. The summed E-state index contributed by atoms with van der Waals surface area (Å²) in [5, 5.41) is 0.655. The lowest BCUT2D eigenvalue weighted by Gasteiger charge is -2.10. The van der Waals surface area contributed by atoms with Crippen molar-refractivity contribution >= 4 is 16.9 Å². The van der Waals surface area contributed by atoms with Crippen molar-refractivity contribution < 1.29 is 14.3 Å². The highest BCUT2D eigenvalue weighted by molar-refractivity contribution is 6.03. The van der Waals surface area contributed by atoms with Crippen LogP contribution in [-0.2, 0) is 4.74 Å². The van der Waals surface area contributed by atoms with Gasteiger partial charge in [0.1, 0.15) is 19.0 Å². The molecule has 1 heterocycles. The van der Waals surface area contributed by atoms with Crippen molar-refractivity contribution in [3.05, 3.63) is 76.1 Å². The SMILES string of the molecule is Cc1ccccc1OCCOC(=O)c1cc(=O)[nH]c2ccccc12. The molecule has 0 saturated heterocycles. The fraction of sp³-hybridized carbons (Fsp3) is 0.158. The fourth-order valence-corrected chi connectivity index (χ4v) is 2.46. The summed E-state index contributed by atoms with van der Waals surface area (Å²) in [7, 11) is 0. The van der Waals surface area contributed by atoms with Gasteiger partial charge in [-0.2, -0.15) is 0 Å². The summed E-state index contributed by atoms with van der Waals surface area (Å²) in [5.74, 6) is 0.223. The molecule has 122 valence electrons. The van der Waals surface area contributed by atoms with Crippen LogP contribution >= 0.6 is 0 Å². The molecule has 0 fully saturated rings. The van der Waals surface area contributed by atoms with E-state index in [1.807, 2.05) is 31.2 Å². The number of fused-ring (bicyclic) bond motifs is 1. The van der Waals surface area contributed by atoms with Gasteiger partial charge >= 0.3 is 5.97 Å². The number of rotatable bonds is 5. The van der Waals surface area contributed by atoms with Crippen LogP contribution in [0.3, 0.4) is 0 Å². The van der Waals surface area contributed by atoms with E-state index >= 15 is 0 Å². The van der Waals surface area contributed by atoms with Crippen LogP contribution < -0.4 is 10.3 Å². The van der Waals surface area contributed by atoms with Crippen LogP contribution in [0.5, 0.6) is 5.75 Å². The highest BCUT2D eigenvalue weighted by Crippen LogP contribution is 2.17. The van der Waals surface area contributed by atoms with Gasteiger partial charge in [-0.1, -0.05) is 36.4 Å². The van der Waals surface area contributed by atoms with E-state index in [9.17, 15) is 9.59 Å². The molecule has 0 amide bonds. The summed E-state index contributed by atoms with van der Waals surface area (Å²) in [5.41, 5.74) is 1.54. The average molecular weight is 323 g/mol. The van der Waals surface area contributed by atoms with Crippen molar-refractivity contribution in [2.75, 3.05) is 13.2 Å². The zero-order valence-corrected chi connectivity index (χ0v) is 13.2. The average Bonchev–Trinajstić information content (AvgIpc) is 2.59. The van der Waals surface area contributed by atoms with Crippen LogP contribution in [0.4, 0.5) is 0 Å². The van der Waals surface area contributed by atoms with Crippen molar-refractivity contribution in [1.29, 1.82) is 0 Å². The van der Waals surface area contributed by atoms with Crippen molar-refractivity contribution in [1.82, 2.24) is 4.98 Å². The number of pyridine rings is 1. The molecule has 1 N–H and O–H groups in total. The molecule has 5 heteroatoms. The Hall–Kier alpha value is -3.08. The van der Waals surface area contributed by atoms with Gasteiger partial charge in [-0.15, -0.1) is 0 Å². The van der Waals surface area contributed by atoms with Crippen LogP contribution in [0.1, 0.15) is 15.9 Å². The van der Waals surface area contributed by atoms with Crippen LogP contribution in [0.2, 0.25) is 0 Å². The summed E-state index contributed by atoms with van der Waals surface area (Å²) in [6.07, 6.45) is 0. The summed E-state index contributed by atoms with van der Waals surface area (Å²) in [6.45, 7) is 2.30. The van der Waals surface area contributed by atoms with Crippen LogP contribution in [0.15, 0.2) is 59.4 Å². The Balaban J connectivity index is 1.66. The minimum atomic E-state index is -0.536. The molecule has 0 aliphatic carbocycles. The van der Waals surface area contributed by atoms with Gasteiger partial charge in [-0.05, 0) is 24.6 Å². The van der Waals surface area contributed by atoms with Gasteiger partial charge in [-0.3, -0.25) is 4.79 Å². The lowest BCUT2D eigenvalue weighted by atomic mass is 10.1. The largest absolute Gasteiger partial charge is 0.490 e. The van der Waals surface area contributed by atoms with Gasteiger partial charge in [0.2, 0.25) is 5.56 Å². The molecule has 24 heavy (non-hydrogen) atoms. The molecule has 3 aromatic rings. The van der Waals surface area contributed by atoms with Crippen molar-refractivity contribution in [2.24, 2.45) is 0 Å². The number of carbonyl (C=O) groups is 1. The van der Waals surface area contributed by atoms with Crippen molar-refractivity contribution in [3.8, 4) is 5.75 Å². The monoisotopic (exact) mass is 323 g/mol. The Labute approximate surface area is 138 Å². The molecule has 0 radical (unpaired) electrons. The number of ether oxygens (including phenoxy) is 2. The summed E-state index contributed by atoms with van der Waals surface area (Å²) in [6, 6.07) is 16.0. The van der Waals surface area contributed by atoms with Gasteiger partial charge in [0.25, 0.3) is 0 Å². The van der Waals surface area contributed by atoms with E-state index < -0.39 is 5.97 Å². The predicted octanol–water partition coefficient (Wildman–Crippen LogP) is 3.07. The first-order valence-electron chi connectivity index (χ1n) is 7.63. The molecule has 0 unspecified atom stereocenters. The van der Waals surface area contributed by atoms with Crippen LogP contribution in [-0.4, -0.2) is 24.2 Å². The molecule has 0 saturated carbocycles. The molecule has 5 nitrogen and oxygen atoms in total. The van der Waals surface area contributed by atoms with E-state index in [0.717, 1.165) is 11.3 Å². The van der Waals surface area contributed by atoms with Gasteiger partial charge in [0, 0.05) is 17.0 Å². The van der Waals surface area contributed by atoms with E-state index in [1.54, 1.807) is 24.3 Å². The molecular formula is C19H17NO4. The lowest BCUT2D eigenvalue weighted by Crippen LogP contribution is -2.16. The number of benzene rings is 2. The number of nitrogens with one attached hydrogen (secondary N) is 1. The zero-order chi connectivity index (χ0) is 16.9. The number of carbonyl (C=O) groups excluding carboxylic acids is 1. The third-order valence-corrected chi connectivity index (χ3v) is 3.64. The smallest absolute Gasteiger partial charge is 0.339 e. The van der Waals surface area contributed by atoms with E-state index in [4.69, 9.17) is 9.47 Å². The number of hydrogen-bond donors (Lipinski definition) is 1. The maximum Gasteiger partial charge on any atom is 0.339 e. The minimum absolute atomic E-state index is 0.105. The van der Waals surface area contributed by atoms with E-state index in [0.29, 0.717) is 10.9 Å². The molecule has 3 rings (SSSR count). The second-order valence-electron chi connectivity index (χ2n) is 5.34. The fourth-order valence-electron chi connectivity index (χ4n) is 2.46. The van der Waals surface area contributed by atoms with Crippen LogP contribution in [0, 0.1) is 6.92 Å². The lowest BCUT2D eigenvalue weighted by molar-refractivity contribution is 0.0452. The summed E-state index contributed by atoms with van der Waals surface area (Å²) >= 11 is 0. The highest BCUT2D eigenvalue weighted by atomic mass is 16.6. The second-order valence-corrected chi connectivity index (χ2v) is 5.34. The second kappa shape index (κ2) is 7.00. The Morgan fingerprint density at radius 1 is 1.04 bits per heavy atom. The normalized spacial score (nSPS) is 10.5. The number of H-pyrrole nitrogens is 1. The molecule has 0 atom stereocenters. The van der Waals surface area contributed by atoms with E-state index in [1.165, 1.54) is 6.07 Å². The molecule has 0 spiro atoms. The third-order valence-electron chi connectivity index (χ3n) is 3.64. The van der Waals surface area contributed by atoms with E-state index in [-0.39, 0.29) is 24.3 Å². The Kier molecular flexibility index (Phi) is 4.61. The quantitative estimate of drug-likeness (QED) is 0.579. The van der Waals surface area contributed by atoms with Crippen molar-refractivity contribution in [3.63, 3.8) is 0 Å². The number of para-hydroxylation sites is 2. The minimum Gasteiger partial charge on any atom is -0.490 e. The zero-order valence-electron chi connectivity index (χ0n) is 13.2. The third kappa shape index (κ3) is 3.46. The van der Waals surface area contributed by atoms with Crippen molar-refractivity contribution in [2.45, 2.75) is 6.92 Å². The Bertz CT molecular complexity index is 930. The van der Waals surface area contributed by atoms with E-state index in [2.05, 4.69) is 4.98 Å².